The van der Waals surface area contributed by atoms with Gasteiger partial charge in [-0.25, -0.2) is 4.79 Å². The highest BCUT2D eigenvalue weighted by atomic mass is 16.4. The molecule has 3 N–H and O–H groups in total. The predicted molar refractivity (Wildman–Crippen MR) is 73.2 cm³/mol. The summed E-state index contributed by atoms with van der Waals surface area (Å²) in [6, 6.07) is -0.139. The maximum atomic E-state index is 12.1. The zero-order chi connectivity index (χ0) is 14.7. The van der Waals surface area contributed by atoms with Gasteiger partial charge >= 0.3 is 12.0 Å². The van der Waals surface area contributed by atoms with Gasteiger partial charge in [0.05, 0.1) is 12.0 Å². The van der Waals surface area contributed by atoms with Crippen molar-refractivity contribution >= 4 is 12.0 Å². The maximum Gasteiger partial charge on any atom is 0.317 e. The van der Waals surface area contributed by atoms with Crippen LogP contribution in [-0.2, 0) is 4.79 Å². The molecular weight excluding hydrogens is 260 g/mol. The number of nitrogens with one attached hydrogen (secondary N) is 1. The molecule has 1 aliphatic heterocycles. The highest BCUT2D eigenvalue weighted by molar-refractivity contribution is 5.74. The Labute approximate surface area is 119 Å². The number of aliphatic hydroxyl groups is 1. The zero-order valence-corrected chi connectivity index (χ0v) is 11.9. The Morgan fingerprint density at radius 3 is 2.70 bits per heavy atom. The Bertz CT molecular complexity index is 374. The maximum absolute atomic E-state index is 12.1. The van der Waals surface area contributed by atoms with Crippen molar-refractivity contribution in [3.63, 3.8) is 0 Å². The van der Waals surface area contributed by atoms with Gasteiger partial charge in [-0.2, -0.15) is 0 Å². The lowest BCUT2D eigenvalue weighted by molar-refractivity contribution is -0.142. The number of piperidine rings is 1. The normalized spacial score (nSPS) is 34.0. The summed E-state index contributed by atoms with van der Waals surface area (Å²) >= 11 is 0. The van der Waals surface area contributed by atoms with Crippen LogP contribution in [0.4, 0.5) is 4.79 Å². The Hall–Kier alpha value is -1.30. The van der Waals surface area contributed by atoms with Gasteiger partial charge in [-0.1, -0.05) is 13.3 Å². The van der Waals surface area contributed by atoms with Gasteiger partial charge < -0.3 is 20.4 Å². The van der Waals surface area contributed by atoms with Crippen LogP contribution in [0.2, 0.25) is 0 Å². The zero-order valence-electron chi connectivity index (χ0n) is 11.9. The van der Waals surface area contributed by atoms with E-state index in [0.717, 1.165) is 12.8 Å². The molecule has 1 heterocycles. The topological polar surface area (TPSA) is 89.9 Å². The standard InChI is InChI=1S/C14H24N2O4/c1-9-8-16(6-5-12(9)17)14(20)15-7-10-3-2-4-11(10)13(18)19/h9-12,17H,2-8H2,1H3,(H,15,20)(H,18,19). The number of aliphatic carboxylic acids is 1. The molecule has 2 amide bonds. The van der Waals surface area contributed by atoms with E-state index in [9.17, 15) is 14.7 Å². The van der Waals surface area contributed by atoms with Crippen LogP contribution in [0, 0.1) is 17.8 Å². The van der Waals surface area contributed by atoms with Gasteiger partial charge in [-0.05, 0) is 31.1 Å². The van der Waals surface area contributed by atoms with Gasteiger partial charge in [0.15, 0.2) is 0 Å². The smallest absolute Gasteiger partial charge is 0.317 e. The monoisotopic (exact) mass is 284 g/mol. The van der Waals surface area contributed by atoms with Crippen molar-refractivity contribution in [2.24, 2.45) is 17.8 Å². The molecule has 4 unspecified atom stereocenters. The van der Waals surface area contributed by atoms with E-state index < -0.39 is 5.97 Å². The van der Waals surface area contributed by atoms with Gasteiger partial charge in [-0.15, -0.1) is 0 Å². The molecule has 0 aromatic heterocycles. The highest BCUT2D eigenvalue weighted by Gasteiger charge is 2.33. The van der Waals surface area contributed by atoms with E-state index in [-0.39, 0.29) is 29.9 Å². The average Bonchev–Trinajstić information content (AvgIpc) is 2.87. The van der Waals surface area contributed by atoms with Crippen LogP contribution in [0.5, 0.6) is 0 Å². The quantitative estimate of drug-likeness (QED) is 0.718. The molecule has 2 aliphatic rings. The van der Waals surface area contributed by atoms with Crippen molar-refractivity contribution in [3.8, 4) is 0 Å². The fourth-order valence-corrected chi connectivity index (χ4v) is 3.25. The molecule has 0 aromatic carbocycles. The Balaban J connectivity index is 1.79. The van der Waals surface area contributed by atoms with Crippen LogP contribution < -0.4 is 5.32 Å². The van der Waals surface area contributed by atoms with E-state index in [1.165, 1.54) is 0 Å². The fourth-order valence-electron chi connectivity index (χ4n) is 3.25. The van der Waals surface area contributed by atoms with Crippen molar-refractivity contribution < 1.29 is 19.8 Å². The molecule has 0 aromatic rings. The summed E-state index contributed by atoms with van der Waals surface area (Å²) in [5.41, 5.74) is 0. The van der Waals surface area contributed by atoms with Crippen LogP contribution in [0.25, 0.3) is 0 Å². The molecule has 4 atom stereocenters. The number of nitrogens with zero attached hydrogens (tertiary/aromatic N) is 1. The van der Waals surface area contributed by atoms with E-state index in [1.807, 2.05) is 6.92 Å². The average molecular weight is 284 g/mol. The molecule has 6 nitrogen and oxygen atoms in total. The molecule has 1 saturated carbocycles. The van der Waals surface area contributed by atoms with Gasteiger partial charge in [0.25, 0.3) is 0 Å². The number of urea groups is 1. The summed E-state index contributed by atoms with van der Waals surface area (Å²) in [6.07, 6.45) is 2.78. The van der Waals surface area contributed by atoms with Gasteiger partial charge in [0, 0.05) is 19.6 Å². The third kappa shape index (κ3) is 3.42. The van der Waals surface area contributed by atoms with E-state index in [2.05, 4.69) is 5.32 Å². The minimum absolute atomic E-state index is 0.0456. The first kappa shape index (κ1) is 15.1. The predicted octanol–water partition coefficient (Wildman–Crippen LogP) is 0.900. The van der Waals surface area contributed by atoms with Crippen LogP contribution in [-0.4, -0.2) is 52.9 Å². The number of amides is 2. The largest absolute Gasteiger partial charge is 0.481 e. The molecule has 0 bridgehead atoms. The Kier molecular flexibility index (Phi) is 4.86. The van der Waals surface area contributed by atoms with Gasteiger partial charge in [-0.3, -0.25) is 4.79 Å². The Morgan fingerprint density at radius 2 is 2.05 bits per heavy atom. The van der Waals surface area contributed by atoms with E-state index in [1.54, 1.807) is 4.90 Å². The number of carboxylic acids is 1. The number of likely N-dealkylation sites (tertiary alicyclic amines) is 1. The molecule has 0 spiro atoms. The third-order valence-corrected chi connectivity index (χ3v) is 4.64. The van der Waals surface area contributed by atoms with E-state index in [0.29, 0.717) is 32.5 Å². The molecule has 0 radical (unpaired) electrons. The van der Waals surface area contributed by atoms with Crippen molar-refractivity contribution in [3.05, 3.63) is 0 Å². The summed E-state index contributed by atoms with van der Waals surface area (Å²) in [6.45, 7) is 3.48. The van der Waals surface area contributed by atoms with Crippen LogP contribution in [0.3, 0.4) is 0 Å². The number of carbonyl (C=O) groups excluding carboxylic acids is 1. The third-order valence-electron chi connectivity index (χ3n) is 4.64. The first-order valence-corrected chi connectivity index (χ1v) is 7.42. The summed E-state index contributed by atoms with van der Waals surface area (Å²) in [7, 11) is 0. The summed E-state index contributed by atoms with van der Waals surface area (Å²) in [4.78, 5) is 24.9. The SMILES string of the molecule is CC1CN(C(=O)NCC2CCCC2C(=O)O)CCC1O. The number of rotatable bonds is 3. The molecule has 1 aliphatic carbocycles. The van der Waals surface area contributed by atoms with Crippen molar-refractivity contribution in [2.75, 3.05) is 19.6 Å². The van der Waals surface area contributed by atoms with Crippen molar-refractivity contribution in [2.45, 2.75) is 38.7 Å². The Morgan fingerprint density at radius 1 is 1.30 bits per heavy atom. The number of hydrogen-bond donors (Lipinski definition) is 3. The number of carboxylic acid groups (broad SMARTS) is 1. The van der Waals surface area contributed by atoms with Gasteiger partial charge in [0.2, 0.25) is 0 Å². The molecule has 114 valence electrons. The minimum atomic E-state index is -0.753. The number of hydrogen-bond acceptors (Lipinski definition) is 3. The summed E-state index contributed by atoms with van der Waals surface area (Å²) in [5.74, 6) is -0.939. The first-order valence-electron chi connectivity index (χ1n) is 7.42. The molecule has 2 fully saturated rings. The molecular formula is C14H24N2O4. The van der Waals surface area contributed by atoms with Crippen molar-refractivity contribution in [1.29, 1.82) is 0 Å². The lowest BCUT2D eigenvalue weighted by atomic mass is 9.96. The summed E-state index contributed by atoms with van der Waals surface area (Å²) in [5, 5.41) is 21.6. The molecule has 2 rings (SSSR count). The highest BCUT2D eigenvalue weighted by Crippen LogP contribution is 2.31. The van der Waals surface area contributed by atoms with Crippen LogP contribution >= 0.6 is 0 Å². The second-order valence-electron chi connectivity index (χ2n) is 6.10. The number of aliphatic hydroxyl groups excluding tert-OH is 1. The van der Waals surface area contributed by atoms with Crippen LogP contribution in [0.1, 0.15) is 32.6 Å². The van der Waals surface area contributed by atoms with E-state index in [4.69, 9.17) is 5.11 Å². The molecule has 1 saturated heterocycles. The van der Waals surface area contributed by atoms with E-state index >= 15 is 0 Å². The lowest BCUT2D eigenvalue weighted by Gasteiger charge is -2.34. The van der Waals surface area contributed by atoms with Gasteiger partial charge in [0.1, 0.15) is 0 Å². The van der Waals surface area contributed by atoms with Crippen LogP contribution in [0.15, 0.2) is 0 Å². The fraction of sp³-hybridized carbons (Fsp3) is 0.857. The first-order chi connectivity index (χ1) is 9.49. The minimum Gasteiger partial charge on any atom is -0.481 e. The summed E-state index contributed by atoms with van der Waals surface area (Å²) < 4.78 is 0. The second-order valence-corrected chi connectivity index (χ2v) is 6.10. The van der Waals surface area contributed by atoms with Crippen molar-refractivity contribution in [1.82, 2.24) is 10.2 Å². The molecule has 6 heteroatoms. The lowest BCUT2D eigenvalue weighted by Crippen LogP contribution is -2.50. The molecule has 20 heavy (non-hydrogen) atoms. The second kappa shape index (κ2) is 6.43. The number of carbonyl (C=O) groups is 2.